The lowest BCUT2D eigenvalue weighted by molar-refractivity contribution is -0.533. The molecule has 1 saturated carbocycles. The first-order chi connectivity index (χ1) is 18.7. The molecule has 0 aromatic heterocycles. The molecule has 4 rings (SSSR count). The van der Waals surface area contributed by atoms with Crippen LogP contribution in [0.2, 0.25) is 0 Å². The molecule has 10 heteroatoms. The molecule has 0 bridgehead atoms. The van der Waals surface area contributed by atoms with Crippen molar-refractivity contribution >= 4 is 23.3 Å². The molecule has 3 aromatic carbocycles. The van der Waals surface area contributed by atoms with Gasteiger partial charge in [-0.25, -0.2) is 0 Å². The van der Waals surface area contributed by atoms with E-state index in [0.29, 0.717) is 22.6 Å². The fourth-order valence-electron chi connectivity index (χ4n) is 5.12. The Labute approximate surface area is 224 Å². The quantitative estimate of drug-likeness (QED) is 0.163. The van der Waals surface area contributed by atoms with E-state index in [1.165, 1.54) is 50.6 Å². The molecule has 39 heavy (non-hydrogen) atoms. The van der Waals surface area contributed by atoms with Gasteiger partial charge in [0.25, 0.3) is 5.69 Å². The Balaban J connectivity index is 1.79. The number of benzene rings is 3. The molecule has 4 atom stereocenters. The lowest BCUT2D eigenvalue weighted by Gasteiger charge is -2.36. The van der Waals surface area contributed by atoms with Gasteiger partial charge in [-0.2, -0.15) is 0 Å². The van der Waals surface area contributed by atoms with E-state index in [-0.39, 0.29) is 17.7 Å². The van der Waals surface area contributed by atoms with Gasteiger partial charge in [-0.3, -0.25) is 29.8 Å². The number of rotatable bonds is 9. The maximum Gasteiger partial charge on any atom is 0.269 e. The van der Waals surface area contributed by atoms with Gasteiger partial charge >= 0.3 is 0 Å². The smallest absolute Gasteiger partial charge is 0.269 e. The number of hydrogen-bond donors (Lipinski definition) is 0. The zero-order chi connectivity index (χ0) is 28.1. The molecule has 0 heterocycles. The first-order valence-corrected chi connectivity index (χ1v) is 12.1. The summed E-state index contributed by atoms with van der Waals surface area (Å²) in [5.74, 6) is -3.34. The van der Waals surface area contributed by atoms with Crippen molar-refractivity contribution in [3.05, 3.63) is 116 Å². The molecule has 1 aliphatic rings. The summed E-state index contributed by atoms with van der Waals surface area (Å²) in [4.78, 5) is 50.0. The van der Waals surface area contributed by atoms with Gasteiger partial charge in [0.2, 0.25) is 6.04 Å². The molecule has 0 aliphatic heterocycles. The fourth-order valence-corrected chi connectivity index (χ4v) is 5.12. The molecule has 3 aromatic rings. The van der Waals surface area contributed by atoms with Crippen molar-refractivity contribution in [3.8, 4) is 11.5 Å². The average Bonchev–Trinajstić information content (AvgIpc) is 2.95. The van der Waals surface area contributed by atoms with E-state index in [1.54, 1.807) is 48.5 Å². The van der Waals surface area contributed by atoms with Crippen molar-refractivity contribution in [2.45, 2.75) is 24.3 Å². The van der Waals surface area contributed by atoms with E-state index >= 15 is 0 Å². The predicted molar refractivity (Wildman–Crippen MR) is 143 cm³/mol. The van der Waals surface area contributed by atoms with Crippen LogP contribution in [0.4, 0.5) is 5.69 Å². The molecule has 0 saturated heterocycles. The molecule has 0 N–H and O–H groups in total. The lowest BCUT2D eigenvalue weighted by Crippen LogP contribution is -2.48. The van der Waals surface area contributed by atoms with Gasteiger partial charge in [0.05, 0.1) is 36.9 Å². The number of allylic oxidation sites excluding steroid dienone is 1. The van der Waals surface area contributed by atoms with Gasteiger partial charge in [0.1, 0.15) is 17.3 Å². The van der Waals surface area contributed by atoms with E-state index < -0.39 is 45.2 Å². The first-order valence-electron chi connectivity index (χ1n) is 12.1. The highest BCUT2D eigenvalue weighted by molar-refractivity contribution is 6.10. The minimum Gasteiger partial charge on any atom is -0.497 e. The molecule has 0 spiro atoms. The summed E-state index contributed by atoms with van der Waals surface area (Å²) in [6, 6.07) is 17.5. The molecule has 200 valence electrons. The highest BCUT2D eigenvalue weighted by Crippen LogP contribution is 2.46. The van der Waals surface area contributed by atoms with E-state index in [1.807, 2.05) is 0 Å². The van der Waals surface area contributed by atoms with Crippen LogP contribution < -0.4 is 9.47 Å². The number of methoxy groups -OCH3 is 2. The van der Waals surface area contributed by atoms with E-state index in [0.717, 1.165) is 0 Å². The lowest BCUT2D eigenvalue weighted by atomic mass is 9.64. The Morgan fingerprint density at radius 3 is 2.08 bits per heavy atom. The number of carbonyl (C=O) groups is 2. The summed E-state index contributed by atoms with van der Waals surface area (Å²) in [6.45, 7) is 0. The molecule has 10 nitrogen and oxygen atoms in total. The van der Waals surface area contributed by atoms with Gasteiger partial charge in [0, 0.05) is 23.5 Å². The van der Waals surface area contributed by atoms with Gasteiger partial charge < -0.3 is 9.47 Å². The first kappa shape index (κ1) is 27.2. The second-order valence-electron chi connectivity index (χ2n) is 9.19. The number of nitro groups is 2. The Morgan fingerprint density at radius 2 is 1.51 bits per heavy atom. The van der Waals surface area contributed by atoms with Crippen LogP contribution in [0.5, 0.6) is 11.5 Å². The van der Waals surface area contributed by atoms with Crippen LogP contribution in [0, 0.1) is 26.1 Å². The minimum atomic E-state index is -1.39. The summed E-state index contributed by atoms with van der Waals surface area (Å²) < 4.78 is 10.3. The van der Waals surface area contributed by atoms with Crippen LogP contribution in [-0.4, -0.2) is 41.7 Å². The molecular formula is C29H26N2O8. The van der Waals surface area contributed by atoms with E-state index in [2.05, 4.69) is 0 Å². The van der Waals surface area contributed by atoms with Crippen molar-refractivity contribution in [1.29, 1.82) is 0 Å². The molecular weight excluding hydrogens is 504 g/mol. The molecule has 0 radical (unpaired) electrons. The highest BCUT2D eigenvalue weighted by Gasteiger charge is 2.54. The summed E-state index contributed by atoms with van der Waals surface area (Å²) in [7, 11) is 3.02. The number of non-ortho nitro benzene ring substituents is 1. The van der Waals surface area contributed by atoms with Crippen molar-refractivity contribution in [2.75, 3.05) is 14.2 Å². The SMILES string of the molecule is COc1ccc(/C=C/C(=O)C2C(=O)CC(c3ccc(OC)cc3)C([N+](=O)[O-])C2c2cccc([N+](=O)[O-])c2)cc1. The Bertz CT molecular complexity index is 1420. The number of hydrogen-bond acceptors (Lipinski definition) is 8. The van der Waals surface area contributed by atoms with Crippen molar-refractivity contribution in [1.82, 2.24) is 0 Å². The summed E-state index contributed by atoms with van der Waals surface area (Å²) >= 11 is 0. The highest BCUT2D eigenvalue weighted by atomic mass is 16.6. The van der Waals surface area contributed by atoms with Crippen LogP contribution in [0.1, 0.15) is 34.9 Å². The molecule has 1 fully saturated rings. The number of Topliss-reactive ketones (excluding diaryl/α,β-unsaturated/α-hetero) is 1. The fraction of sp³-hybridized carbons (Fsp3) is 0.241. The standard InChI is InChI=1S/C29H26N2O8/c1-38-22-11-6-18(7-12-22)8-15-25(32)28-26(33)17-24(19-9-13-23(39-2)14-10-19)29(31(36)37)27(28)20-4-3-5-21(16-20)30(34)35/h3-16,24,27-29H,17H2,1-2H3/b15-8+. The van der Waals surface area contributed by atoms with Crippen LogP contribution >= 0.6 is 0 Å². The van der Waals surface area contributed by atoms with Crippen LogP contribution in [-0.2, 0) is 9.59 Å². The number of ether oxygens (including phenoxy) is 2. The number of nitrogens with zero attached hydrogens (tertiary/aromatic N) is 2. The van der Waals surface area contributed by atoms with Gasteiger partial charge in [-0.15, -0.1) is 0 Å². The van der Waals surface area contributed by atoms with Gasteiger partial charge in [-0.05, 0) is 47.0 Å². The van der Waals surface area contributed by atoms with Crippen LogP contribution in [0.3, 0.4) is 0 Å². The summed E-state index contributed by atoms with van der Waals surface area (Å²) in [6.07, 6.45) is 2.53. The minimum absolute atomic E-state index is 0.189. The maximum absolute atomic E-state index is 13.6. The van der Waals surface area contributed by atoms with Crippen molar-refractivity contribution in [2.24, 2.45) is 5.92 Å². The number of carbonyl (C=O) groups excluding carboxylic acids is 2. The van der Waals surface area contributed by atoms with Crippen LogP contribution in [0.25, 0.3) is 6.08 Å². The summed E-state index contributed by atoms with van der Waals surface area (Å²) in [5.41, 5.74) is 1.12. The molecule has 0 amide bonds. The van der Waals surface area contributed by atoms with E-state index in [4.69, 9.17) is 9.47 Å². The van der Waals surface area contributed by atoms with Gasteiger partial charge in [-0.1, -0.05) is 42.5 Å². The second-order valence-corrected chi connectivity index (χ2v) is 9.19. The van der Waals surface area contributed by atoms with Crippen molar-refractivity contribution < 1.29 is 28.9 Å². The summed E-state index contributed by atoms with van der Waals surface area (Å²) in [5, 5.41) is 24.1. The largest absolute Gasteiger partial charge is 0.497 e. The third-order valence-electron chi connectivity index (χ3n) is 7.02. The number of nitro benzene ring substituents is 1. The predicted octanol–water partition coefficient (Wildman–Crippen LogP) is 5.00. The molecule has 4 unspecified atom stereocenters. The second kappa shape index (κ2) is 11.7. The maximum atomic E-state index is 13.6. The average molecular weight is 531 g/mol. The molecule has 1 aliphatic carbocycles. The normalized spacial score (nSPS) is 20.9. The Kier molecular flexibility index (Phi) is 8.14. The third kappa shape index (κ3) is 5.85. The topological polar surface area (TPSA) is 139 Å². The Morgan fingerprint density at radius 1 is 0.897 bits per heavy atom. The zero-order valence-electron chi connectivity index (χ0n) is 21.3. The zero-order valence-corrected chi connectivity index (χ0v) is 21.3. The van der Waals surface area contributed by atoms with Gasteiger partial charge in [0.15, 0.2) is 5.78 Å². The van der Waals surface area contributed by atoms with E-state index in [9.17, 15) is 29.8 Å². The third-order valence-corrected chi connectivity index (χ3v) is 7.02. The number of ketones is 2. The monoisotopic (exact) mass is 530 g/mol. The Hall–Kier alpha value is -4.86. The van der Waals surface area contributed by atoms with Crippen molar-refractivity contribution in [3.63, 3.8) is 0 Å². The van der Waals surface area contributed by atoms with Crippen LogP contribution in [0.15, 0.2) is 78.9 Å².